The van der Waals surface area contributed by atoms with Gasteiger partial charge in [0.1, 0.15) is 0 Å². The molecule has 0 radical (unpaired) electrons. The van der Waals surface area contributed by atoms with Crippen LogP contribution in [-0.2, 0) is 0 Å². The van der Waals surface area contributed by atoms with Crippen LogP contribution in [-0.4, -0.2) is 36.5 Å². The average molecular weight is 236 g/mol. The van der Waals surface area contributed by atoms with Gasteiger partial charge in [0.2, 0.25) is 0 Å². The second kappa shape index (κ2) is 4.18. The molecule has 3 heterocycles. The molecule has 2 aliphatic rings. The van der Waals surface area contributed by atoms with E-state index < -0.39 is 0 Å². The smallest absolute Gasteiger partial charge is 0.254 e. The van der Waals surface area contributed by atoms with Crippen LogP contribution in [0.4, 0.5) is 0 Å². The first-order valence-electron chi connectivity index (χ1n) is 5.89. The first-order valence-corrected chi connectivity index (χ1v) is 6.84. The Balaban J connectivity index is 1.71. The molecule has 4 heteroatoms. The lowest BCUT2D eigenvalue weighted by Gasteiger charge is -2.24. The Morgan fingerprint density at radius 2 is 2.44 bits per heavy atom. The molecule has 2 atom stereocenters. The maximum absolute atomic E-state index is 12.2. The summed E-state index contributed by atoms with van der Waals surface area (Å²) in [6.07, 6.45) is 2.52. The highest BCUT2D eigenvalue weighted by atomic mass is 32.1. The zero-order valence-corrected chi connectivity index (χ0v) is 10.0. The summed E-state index contributed by atoms with van der Waals surface area (Å²) < 4.78 is 0. The highest BCUT2D eigenvalue weighted by molar-refractivity contribution is 7.08. The molecule has 0 saturated carbocycles. The number of thiophene rings is 1. The Labute approximate surface area is 99.5 Å². The number of carbonyl (C=O) groups is 1. The van der Waals surface area contributed by atoms with Crippen molar-refractivity contribution < 1.29 is 4.79 Å². The molecule has 1 N–H and O–H groups in total. The number of fused-ring (bicyclic) bond motifs is 1. The second-order valence-corrected chi connectivity index (χ2v) is 5.47. The minimum Gasteiger partial charge on any atom is -0.337 e. The molecule has 3 rings (SSSR count). The monoisotopic (exact) mass is 236 g/mol. The van der Waals surface area contributed by atoms with Crippen LogP contribution in [0, 0.1) is 5.92 Å². The number of likely N-dealkylation sites (tertiary alicyclic amines) is 1. The van der Waals surface area contributed by atoms with Gasteiger partial charge in [-0.15, -0.1) is 0 Å². The summed E-state index contributed by atoms with van der Waals surface area (Å²) in [6.45, 7) is 2.94. The van der Waals surface area contributed by atoms with Gasteiger partial charge in [0, 0.05) is 24.5 Å². The van der Waals surface area contributed by atoms with Crippen LogP contribution >= 0.6 is 11.3 Å². The molecule has 0 spiro atoms. The van der Waals surface area contributed by atoms with Gasteiger partial charge in [0.15, 0.2) is 0 Å². The quantitative estimate of drug-likeness (QED) is 0.803. The van der Waals surface area contributed by atoms with Crippen LogP contribution in [0.5, 0.6) is 0 Å². The minimum atomic E-state index is 0.206. The molecule has 1 aromatic rings. The fourth-order valence-electron chi connectivity index (χ4n) is 2.78. The van der Waals surface area contributed by atoms with Gasteiger partial charge in [-0.3, -0.25) is 4.79 Å². The van der Waals surface area contributed by atoms with Crippen LogP contribution in [0.2, 0.25) is 0 Å². The number of nitrogens with zero attached hydrogens (tertiary/aromatic N) is 1. The predicted molar refractivity (Wildman–Crippen MR) is 64.7 cm³/mol. The molecule has 0 aliphatic carbocycles. The number of rotatable bonds is 1. The van der Waals surface area contributed by atoms with E-state index in [-0.39, 0.29) is 5.91 Å². The number of hydrogen-bond acceptors (Lipinski definition) is 3. The first-order chi connectivity index (χ1) is 7.84. The normalized spacial score (nSPS) is 29.1. The molecule has 0 aromatic carbocycles. The van der Waals surface area contributed by atoms with Gasteiger partial charge in [-0.2, -0.15) is 11.3 Å². The molecule has 86 valence electrons. The fraction of sp³-hybridized carbons (Fsp3) is 0.583. The molecular weight excluding hydrogens is 220 g/mol. The summed E-state index contributed by atoms with van der Waals surface area (Å²) in [5.74, 6) is 0.883. The van der Waals surface area contributed by atoms with E-state index in [1.807, 2.05) is 21.7 Å². The minimum absolute atomic E-state index is 0.206. The van der Waals surface area contributed by atoms with Crippen molar-refractivity contribution in [2.75, 3.05) is 19.6 Å². The lowest BCUT2D eigenvalue weighted by Crippen LogP contribution is -2.41. The van der Waals surface area contributed by atoms with Crippen LogP contribution in [0.3, 0.4) is 0 Å². The van der Waals surface area contributed by atoms with Crippen molar-refractivity contribution in [2.24, 2.45) is 5.92 Å². The maximum atomic E-state index is 12.2. The number of piperidine rings is 1. The first kappa shape index (κ1) is 10.3. The SMILES string of the molecule is O=C(c1ccsc1)N1C[C@H]2CCCN[C@H]2C1. The Kier molecular flexibility index (Phi) is 2.69. The van der Waals surface area contributed by atoms with Crippen molar-refractivity contribution in [3.05, 3.63) is 22.4 Å². The Bertz CT molecular complexity index is 362. The largest absolute Gasteiger partial charge is 0.337 e. The highest BCUT2D eigenvalue weighted by Gasteiger charge is 2.36. The van der Waals surface area contributed by atoms with E-state index in [9.17, 15) is 4.79 Å². The molecule has 2 aliphatic heterocycles. The van der Waals surface area contributed by atoms with E-state index in [1.165, 1.54) is 12.8 Å². The van der Waals surface area contributed by atoms with Gasteiger partial charge in [-0.25, -0.2) is 0 Å². The van der Waals surface area contributed by atoms with Crippen LogP contribution in [0.15, 0.2) is 16.8 Å². The lowest BCUT2D eigenvalue weighted by atomic mass is 9.94. The van der Waals surface area contributed by atoms with Crippen molar-refractivity contribution in [3.8, 4) is 0 Å². The maximum Gasteiger partial charge on any atom is 0.254 e. The second-order valence-electron chi connectivity index (χ2n) is 4.69. The van der Waals surface area contributed by atoms with E-state index in [2.05, 4.69) is 5.32 Å². The average Bonchev–Trinajstić information content (AvgIpc) is 2.97. The van der Waals surface area contributed by atoms with Crippen molar-refractivity contribution >= 4 is 17.2 Å². The van der Waals surface area contributed by atoms with E-state index in [4.69, 9.17) is 0 Å². The van der Waals surface area contributed by atoms with Crippen LogP contribution in [0.25, 0.3) is 0 Å². The topological polar surface area (TPSA) is 32.3 Å². The molecule has 0 bridgehead atoms. The third kappa shape index (κ3) is 1.76. The van der Waals surface area contributed by atoms with E-state index in [1.54, 1.807) is 11.3 Å². The van der Waals surface area contributed by atoms with Crippen molar-refractivity contribution in [1.82, 2.24) is 10.2 Å². The zero-order valence-electron chi connectivity index (χ0n) is 9.19. The van der Waals surface area contributed by atoms with Gasteiger partial charge in [-0.05, 0) is 36.8 Å². The number of hydrogen-bond donors (Lipinski definition) is 1. The summed E-state index contributed by atoms with van der Waals surface area (Å²) in [6, 6.07) is 2.46. The summed E-state index contributed by atoms with van der Waals surface area (Å²) in [4.78, 5) is 14.2. The van der Waals surface area contributed by atoms with Crippen LogP contribution < -0.4 is 5.32 Å². The Morgan fingerprint density at radius 3 is 3.19 bits per heavy atom. The molecule has 2 fully saturated rings. The highest BCUT2D eigenvalue weighted by Crippen LogP contribution is 2.26. The van der Waals surface area contributed by atoms with Gasteiger partial charge in [-0.1, -0.05) is 0 Å². The Morgan fingerprint density at radius 1 is 1.50 bits per heavy atom. The summed E-state index contributed by atoms with van der Waals surface area (Å²) in [5.41, 5.74) is 0.851. The number of amides is 1. The number of nitrogens with one attached hydrogen (secondary N) is 1. The molecule has 2 saturated heterocycles. The van der Waals surface area contributed by atoms with Crippen LogP contribution in [0.1, 0.15) is 23.2 Å². The summed E-state index contributed by atoms with van der Waals surface area (Å²) in [5, 5.41) is 7.43. The lowest BCUT2D eigenvalue weighted by molar-refractivity contribution is 0.0786. The van der Waals surface area contributed by atoms with Gasteiger partial charge >= 0.3 is 0 Å². The molecule has 1 aromatic heterocycles. The molecule has 3 nitrogen and oxygen atoms in total. The predicted octanol–water partition coefficient (Wildman–Crippen LogP) is 1.57. The standard InChI is InChI=1S/C12H16N2OS/c15-12(10-3-5-16-8-10)14-6-9-2-1-4-13-11(9)7-14/h3,5,8-9,11,13H,1-2,4,6-7H2/t9-,11+/m1/s1. The molecule has 1 amide bonds. The van der Waals surface area contributed by atoms with Gasteiger partial charge < -0.3 is 10.2 Å². The molecular formula is C12H16N2OS. The van der Waals surface area contributed by atoms with Crippen molar-refractivity contribution in [1.29, 1.82) is 0 Å². The molecule has 0 unspecified atom stereocenters. The number of carbonyl (C=O) groups excluding carboxylic acids is 1. The zero-order chi connectivity index (χ0) is 11.0. The fourth-order valence-corrected chi connectivity index (χ4v) is 3.41. The van der Waals surface area contributed by atoms with Gasteiger partial charge in [0.25, 0.3) is 5.91 Å². The van der Waals surface area contributed by atoms with E-state index >= 15 is 0 Å². The van der Waals surface area contributed by atoms with E-state index in [0.717, 1.165) is 25.2 Å². The van der Waals surface area contributed by atoms with Gasteiger partial charge in [0.05, 0.1) is 5.56 Å². The third-order valence-electron chi connectivity index (χ3n) is 3.65. The third-order valence-corrected chi connectivity index (χ3v) is 4.34. The summed E-state index contributed by atoms with van der Waals surface area (Å²) >= 11 is 1.59. The van der Waals surface area contributed by atoms with Crippen molar-refractivity contribution in [3.63, 3.8) is 0 Å². The Hall–Kier alpha value is -0.870. The van der Waals surface area contributed by atoms with E-state index in [0.29, 0.717) is 12.0 Å². The molecule has 16 heavy (non-hydrogen) atoms. The summed E-state index contributed by atoms with van der Waals surface area (Å²) in [7, 11) is 0. The van der Waals surface area contributed by atoms with Crippen molar-refractivity contribution in [2.45, 2.75) is 18.9 Å².